The van der Waals surface area contributed by atoms with E-state index in [-0.39, 0.29) is 6.67 Å². The molecule has 2 saturated carbocycles. The highest BCUT2D eigenvalue weighted by Gasteiger charge is 2.24. The molecule has 0 radical (unpaired) electrons. The number of rotatable bonds is 7. The van der Waals surface area contributed by atoms with Gasteiger partial charge in [-0.15, -0.1) is 0 Å². The highest BCUT2D eigenvalue weighted by Crippen LogP contribution is 2.40. The molecule has 0 spiro atoms. The standard InChI is InChI=1S/C24H34ClF/c25-24-16-14-23(15-17-24)22-12-10-21(11-13-22)9-8-20-6-4-19(5-7-20)3-1-2-18-26/h1,3,14-17,19-22H,2,4-13,18H2/b3-1+/t19-,20-,21?,22?. The van der Waals surface area contributed by atoms with Gasteiger partial charge in [-0.3, -0.25) is 4.39 Å². The van der Waals surface area contributed by atoms with E-state index in [4.69, 9.17) is 11.6 Å². The molecule has 2 aliphatic carbocycles. The number of allylic oxidation sites excluding steroid dienone is 2. The van der Waals surface area contributed by atoms with Gasteiger partial charge < -0.3 is 0 Å². The van der Waals surface area contributed by atoms with Crippen LogP contribution in [0.15, 0.2) is 36.4 Å². The Balaban J connectivity index is 1.32. The lowest BCUT2D eigenvalue weighted by molar-refractivity contribution is 0.246. The molecule has 144 valence electrons. The van der Waals surface area contributed by atoms with Crippen LogP contribution in [-0.4, -0.2) is 6.67 Å². The van der Waals surface area contributed by atoms with Crippen LogP contribution in [0.3, 0.4) is 0 Å². The Morgan fingerprint density at radius 3 is 2.00 bits per heavy atom. The van der Waals surface area contributed by atoms with Crippen molar-refractivity contribution in [2.24, 2.45) is 17.8 Å². The van der Waals surface area contributed by atoms with Crippen LogP contribution in [0.25, 0.3) is 0 Å². The number of alkyl halides is 1. The third kappa shape index (κ3) is 6.12. The van der Waals surface area contributed by atoms with Gasteiger partial charge in [0.2, 0.25) is 0 Å². The van der Waals surface area contributed by atoms with E-state index < -0.39 is 0 Å². The van der Waals surface area contributed by atoms with Crippen molar-refractivity contribution in [3.05, 3.63) is 47.0 Å². The number of benzene rings is 1. The Hall–Kier alpha value is -0.820. The largest absolute Gasteiger partial charge is 0.251 e. The molecule has 2 fully saturated rings. The molecule has 0 amide bonds. The van der Waals surface area contributed by atoms with E-state index in [0.717, 1.165) is 22.8 Å². The van der Waals surface area contributed by atoms with Gasteiger partial charge in [0.25, 0.3) is 0 Å². The highest BCUT2D eigenvalue weighted by molar-refractivity contribution is 6.30. The molecule has 0 heterocycles. The second kappa shape index (κ2) is 10.5. The molecule has 0 N–H and O–H groups in total. The van der Waals surface area contributed by atoms with Crippen molar-refractivity contribution in [2.45, 2.75) is 76.5 Å². The van der Waals surface area contributed by atoms with Crippen molar-refractivity contribution in [3.63, 3.8) is 0 Å². The molecule has 0 aromatic heterocycles. The summed E-state index contributed by atoms with van der Waals surface area (Å²) in [4.78, 5) is 0. The zero-order valence-corrected chi connectivity index (χ0v) is 16.8. The normalized spacial score (nSPS) is 29.9. The summed E-state index contributed by atoms with van der Waals surface area (Å²) in [5, 5.41) is 0.843. The first-order valence-electron chi connectivity index (χ1n) is 10.7. The Bertz CT molecular complexity index is 534. The van der Waals surface area contributed by atoms with Crippen LogP contribution in [0.5, 0.6) is 0 Å². The van der Waals surface area contributed by atoms with Crippen LogP contribution in [-0.2, 0) is 0 Å². The first-order valence-corrected chi connectivity index (χ1v) is 11.1. The Labute approximate surface area is 164 Å². The lowest BCUT2D eigenvalue weighted by Gasteiger charge is -2.31. The van der Waals surface area contributed by atoms with E-state index in [1.54, 1.807) is 0 Å². The summed E-state index contributed by atoms with van der Waals surface area (Å²) < 4.78 is 12.2. The molecule has 3 rings (SSSR count). The Morgan fingerprint density at radius 1 is 0.846 bits per heavy atom. The molecule has 1 aromatic carbocycles. The predicted octanol–water partition coefficient (Wildman–Crippen LogP) is 8.12. The molecule has 0 nitrogen and oxygen atoms in total. The van der Waals surface area contributed by atoms with Gasteiger partial charge in [0.15, 0.2) is 0 Å². The fourth-order valence-electron chi connectivity index (χ4n) is 5.01. The lowest BCUT2D eigenvalue weighted by Crippen LogP contribution is -2.17. The minimum atomic E-state index is -0.216. The zero-order chi connectivity index (χ0) is 18.2. The minimum Gasteiger partial charge on any atom is -0.251 e. The molecule has 0 unspecified atom stereocenters. The average molecular weight is 377 g/mol. The van der Waals surface area contributed by atoms with Crippen LogP contribution in [0.4, 0.5) is 4.39 Å². The van der Waals surface area contributed by atoms with E-state index in [1.807, 2.05) is 18.2 Å². The first-order chi connectivity index (χ1) is 12.7. The highest BCUT2D eigenvalue weighted by atomic mass is 35.5. The van der Waals surface area contributed by atoms with Crippen molar-refractivity contribution in [1.82, 2.24) is 0 Å². The maximum atomic E-state index is 12.2. The number of halogens is 2. The molecule has 0 atom stereocenters. The molecule has 0 saturated heterocycles. The van der Waals surface area contributed by atoms with E-state index in [1.165, 1.54) is 69.8 Å². The number of hydrogen-bond donors (Lipinski definition) is 0. The van der Waals surface area contributed by atoms with Gasteiger partial charge >= 0.3 is 0 Å². The molecule has 2 heteroatoms. The summed E-state index contributed by atoms with van der Waals surface area (Å²) >= 11 is 6.01. The molecule has 26 heavy (non-hydrogen) atoms. The fourth-order valence-corrected chi connectivity index (χ4v) is 5.14. The van der Waals surface area contributed by atoms with Crippen molar-refractivity contribution in [1.29, 1.82) is 0 Å². The molecule has 0 bridgehead atoms. The van der Waals surface area contributed by atoms with Gasteiger partial charge in [-0.2, -0.15) is 0 Å². The summed E-state index contributed by atoms with van der Waals surface area (Å²) in [6.45, 7) is -0.216. The quantitative estimate of drug-likeness (QED) is 0.421. The number of hydrogen-bond acceptors (Lipinski definition) is 0. The third-order valence-electron chi connectivity index (χ3n) is 6.75. The molecule has 2 aliphatic rings. The summed E-state index contributed by atoms with van der Waals surface area (Å²) in [5.74, 6) is 3.35. The van der Waals surface area contributed by atoms with Crippen molar-refractivity contribution in [2.75, 3.05) is 6.67 Å². The van der Waals surface area contributed by atoms with Gasteiger partial charge in [-0.1, -0.05) is 48.7 Å². The summed E-state index contributed by atoms with van der Waals surface area (Å²) in [6, 6.07) is 8.50. The summed E-state index contributed by atoms with van der Waals surface area (Å²) in [6.07, 6.45) is 18.6. The topological polar surface area (TPSA) is 0 Å². The lowest BCUT2D eigenvalue weighted by atomic mass is 9.74. The van der Waals surface area contributed by atoms with Crippen LogP contribution in [0.2, 0.25) is 5.02 Å². The van der Waals surface area contributed by atoms with Gasteiger partial charge in [0, 0.05) is 5.02 Å². The molecular formula is C24H34ClF. The van der Waals surface area contributed by atoms with Crippen LogP contribution >= 0.6 is 11.6 Å². The van der Waals surface area contributed by atoms with Crippen LogP contribution < -0.4 is 0 Å². The summed E-state index contributed by atoms with van der Waals surface area (Å²) in [5.41, 5.74) is 1.48. The minimum absolute atomic E-state index is 0.216. The molecule has 0 aliphatic heterocycles. The first kappa shape index (κ1) is 19.9. The van der Waals surface area contributed by atoms with Gasteiger partial charge in [-0.05, 0) is 99.2 Å². The van der Waals surface area contributed by atoms with Crippen LogP contribution in [0, 0.1) is 17.8 Å². The maximum Gasteiger partial charge on any atom is 0.0928 e. The van der Waals surface area contributed by atoms with Gasteiger partial charge in [0.05, 0.1) is 6.67 Å². The van der Waals surface area contributed by atoms with Crippen molar-refractivity contribution >= 4 is 11.6 Å². The predicted molar refractivity (Wildman–Crippen MR) is 111 cm³/mol. The van der Waals surface area contributed by atoms with E-state index in [0.29, 0.717) is 12.3 Å². The third-order valence-corrected chi connectivity index (χ3v) is 7.00. The average Bonchev–Trinajstić information content (AvgIpc) is 2.69. The SMILES string of the molecule is FCC/C=C/[C@H]1CC[C@H](CCC2CCC(c3ccc(Cl)cc3)CC2)CC1. The second-order valence-electron chi connectivity index (χ2n) is 8.53. The van der Waals surface area contributed by atoms with Gasteiger partial charge in [0.1, 0.15) is 0 Å². The molecular weight excluding hydrogens is 343 g/mol. The summed E-state index contributed by atoms with van der Waals surface area (Å²) in [7, 11) is 0. The second-order valence-corrected chi connectivity index (χ2v) is 8.97. The van der Waals surface area contributed by atoms with E-state index in [9.17, 15) is 4.39 Å². The smallest absolute Gasteiger partial charge is 0.0928 e. The maximum absolute atomic E-state index is 12.2. The van der Waals surface area contributed by atoms with Gasteiger partial charge in [-0.25, -0.2) is 0 Å². The van der Waals surface area contributed by atoms with Crippen molar-refractivity contribution < 1.29 is 4.39 Å². The van der Waals surface area contributed by atoms with E-state index >= 15 is 0 Å². The van der Waals surface area contributed by atoms with Crippen molar-refractivity contribution in [3.8, 4) is 0 Å². The van der Waals surface area contributed by atoms with Crippen LogP contribution in [0.1, 0.15) is 82.1 Å². The van der Waals surface area contributed by atoms with E-state index in [2.05, 4.69) is 18.2 Å². The Kier molecular flexibility index (Phi) is 8.05. The monoisotopic (exact) mass is 376 g/mol. The zero-order valence-electron chi connectivity index (χ0n) is 16.0. The fraction of sp³-hybridized carbons (Fsp3) is 0.667. The molecule has 1 aromatic rings. The Morgan fingerprint density at radius 2 is 1.42 bits per heavy atom.